The van der Waals surface area contributed by atoms with Gasteiger partial charge in [-0.25, -0.2) is 14.2 Å². The Morgan fingerprint density at radius 2 is 2.12 bits per heavy atom. The molecular weight excluding hydrogens is 347 g/mol. The molecule has 0 bridgehead atoms. The van der Waals surface area contributed by atoms with Crippen molar-refractivity contribution < 1.29 is 23.8 Å². The quantitative estimate of drug-likeness (QED) is 0.874. The number of benzene rings is 1. The predicted octanol–water partition coefficient (Wildman–Crippen LogP) is 1.73. The Labute approximate surface area is 147 Å². The Bertz CT molecular complexity index is 762. The summed E-state index contributed by atoms with van der Waals surface area (Å²) in [7, 11) is 0. The van der Waals surface area contributed by atoms with Gasteiger partial charge in [0.2, 0.25) is 5.91 Å². The molecule has 1 unspecified atom stereocenters. The number of hydrogen-bond donors (Lipinski definition) is 1. The topological polar surface area (TPSA) is 79.7 Å². The van der Waals surface area contributed by atoms with Crippen molar-refractivity contribution in [2.75, 3.05) is 19.8 Å². The lowest BCUT2D eigenvalue weighted by Crippen LogP contribution is -2.53. The lowest BCUT2D eigenvalue weighted by molar-refractivity contribution is -0.158. The molecule has 1 amide bonds. The summed E-state index contributed by atoms with van der Waals surface area (Å²) in [6.45, 7) is 0.610. The van der Waals surface area contributed by atoms with E-state index in [1.165, 1.54) is 28.4 Å². The maximum Gasteiger partial charge on any atom is 0.328 e. The molecule has 3 rings (SSSR count). The Kier molecular flexibility index (Phi) is 5.40. The molecule has 1 aliphatic heterocycles. The summed E-state index contributed by atoms with van der Waals surface area (Å²) in [5, 5.41) is 11.8. The van der Waals surface area contributed by atoms with Crippen LogP contribution in [0.15, 0.2) is 29.6 Å². The van der Waals surface area contributed by atoms with E-state index in [1.807, 2.05) is 0 Å². The Morgan fingerprint density at radius 3 is 2.84 bits per heavy atom. The van der Waals surface area contributed by atoms with E-state index >= 15 is 0 Å². The molecule has 1 fully saturated rings. The second-order valence-electron chi connectivity index (χ2n) is 5.73. The maximum atomic E-state index is 12.9. The normalized spacial score (nSPS) is 17.5. The summed E-state index contributed by atoms with van der Waals surface area (Å²) in [4.78, 5) is 29.4. The third kappa shape index (κ3) is 4.40. The zero-order chi connectivity index (χ0) is 17.8. The fourth-order valence-electron chi connectivity index (χ4n) is 2.65. The second kappa shape index (κ2) is 7.71. The molecule has 8 heteroatoms. The molecule has 1 aromatic heterocycles. The molecule has 25 heavy (non-hydrogen) atoms. The Balaban J connectivity index is 1.63. The number of amides is 1. The van der Waals surface area contributed by atoms with E-state index < -0.39 is 12.0 Å². The zero-order valence-corrected chi connectivity index (χ0v) is 14.2. The molecule has 2 aromatic rings. The number of halogens is 1. The van der Waals surface area contributed by atoms with Crippen LogP contribution in [0.4, 0.5) is 4.39 Å². The average molecular weight is 364 g/mol. The molecule has 0 aliphatic carbocycles. The number of carbonyl (C=O) groups excluding carboxylic acids is 1. The van der Waals surface area contributed by atoms with Crippen LogP contribution in [0.3, 0.4) is 0 Å². The van der Waals surface area contributed by atoms with Gasteiger partial charge in [0.05, 0.1) is 30.3 Å². The standard InChI is InChI=1S/C17H17FN2O4S/c18-12-3-1-11(2-4-12)7-15-19-13(10-25-15)8-16(21)20-5-6-24-9-14(20)17(22)23/h1-4,10,14H,5-9H2,(H,22,23). The fraction of sp³-hybridized carbons (Fsp3) is 0.353. The molecule has 1 aliphatic rings. The molecule has 1 N–H and O–H groups in total. The highest BCUT2D eigenvalue weighted by Gasteiger charge is 2.32. The minimum Gasteiger partial charge on any atom is -0.480 e. The number of morpholine rings is 1. The van der Waals surface area contributed by atoms with Crippen LogP contribution >= 0.6 is 11.3 Å². The van der Waals surface area contributed by atoms with E-state index in [-0.39, 0.29) is 31.3 Å². The smallest absolute Gasteiger partial charge is 0.328 e. The number of nitrogens with zero attached hydrogens (tertiary/aromatic N) is 2. The van der Waals surface area contributed by atoms with Gasteiger partial charge in [-0.2, -0.15) is 0 Å². The number of carbonyl (C=O) groups is 2. The highest BCUT2D eigenvalue weighted by molar-refractivity contribution is 7.09. The lowest BCUT2D eigenvalue weighted by atomic mass is 10.1. The summed E-state index contributed by atoms with van der Waals surface area (Å²) in [5.41, 5.74) is 1.55. The summed E-state index contributed by atoms with van der Waals surface area (Å²) in [5.74, 6) is -1.62. The minimum absolute atomic E-state index is 0.00789. The van der Waals surface area contributed by atoms with Crippen molar-refractivity contribution >= 4 is 23.2 Å². The summed E-state index contributed by atoms with van der Waals surface area (Å²) < 4.78 is 18.1. The molecular formula is C17H17FN2O4S. The van der Waals surface area contributed by atoms with Gasteiger partial charge in [0.1, 0.15) is 5.82 Å². The molecule has 0 spiro atoms. The van der Waals surface area contributed by atoms with Crippen molar-refractivity contribution in [3.05, 3.63) is 51.7 Å². The van der Waals surface area contributed by atoms with Gasteiger partial charge in [0.25, 0.3) is 0 Å². The third-order valence-electron chi connectivity index (χ3n) is 3.93. The molecule has 132 valence electrons. The van der Waals surface area contributed by atoms with Gasteiger partial charge in [0.15, 0.2) is 6.04 Å². The molecule has 6 nitrogen and oxygen atoms in total. The van der Waals surface area contributed by atoms with Crippen molar-refractivity contribution in [1.29, 1.82) is 0 Å². The van der Waals surface area contributed by atoms with E-state index in [1.54, 1.807) is 17.5 Å². The number of carboxylic acid groups (broad SMARTS) is 1. The molecule has 0 radical (unpaired) electrons. The maximum absolute atomic E-state index is 12.9. The van der Waals surface area contributed by atoms with Crippen molar-refractivity contribution in [3.63, 3.8) is 0 Å². The number of aliphatic carboxylic acids is 1. The monoisotopic (exact) mass is 364 g/mol. The second-order valence-corrected chi connectivity index (χ2v) is 6.67. The van der Waals surface area contributed by atoms with Crippen LogP contribution in [0.5, 0.6) is 0 Å². The largest absolute Gasteiger partial charge is 0.480 e. The average Bonchev–Trinajstić information content (AvgIpc) is 3.03. The number of ether oxygens (including phenoxy) is 1. The Hall–Kier alpha value is -2.32. The van der Waals surface area contributed by atoms with Crippen LogP contribution in [-0.2, 0) is 27.2 Å². The zero-order valence-electron chi connectivity index (χ0n) is 13.4. The SMILES string of the molecule is O=C(O)C1COCCN1C(=O)Cc1csc(Cc2ccc(F)cc2)n1. The van der Waals surface area contributed by atoms with Crippen LogP contribution in [0.1, 0.15) is 16.3 Å². The number of rotatable bonds is 5. The fourth-order valence-corrected chi connectivity index (χ4v) is 3.48. The molecule has 1 atom stereocenters. The van der Waals surface area contributed by atoms with Crippen LogP contribution in [0.25, 0.3) is 0 Å². The first-order chi connectivity index (χ1) is 12.0. The van der Waals surface area contributed by atoms with Crippen LogP contribution < -0.4 is 0 Å². The minimum atomic E-state index is -1.07. The van der Waals surface area contributed by atoms with Gasteiger partial charge in [-0.05, 0) is 17.7 Å². The summed E-state index contributed by atoms with van der Waals surface area (Å²) in [6.07, 6.45) is 0.623. The number of aromatic nitrogens is 1. The lowest BCUT2D eigenvalue weighted by Gasteiger charge is -2.32. The van der Waals surface area contributed by atoms with Gasteiger partial charge >= 0.3 is 5.97 Å². The van der Waals surface area contributed by atoms with Gasteiger partial charge in [-0.3, -0.25) is 4.79 Å². The van der Waals surface area contributed by atoms with Gasteiger partial charge in [-0.15, -0.1) is 11.3 Å². The van der Waals surface area contributed by atoms with Gasteiger partial charge in [-0.1, -0.05) is 12.1 Å². The van der Waals surface area contributed by atoms with Gasteiger partial charge in [0, 0.05) is 18.3 Å². The number of carboxylic acids is 1. The first kappa shape index (κ1) is 17.5. The van der Waals surface area contributed by atoms with Gasteiger partial charge < -0.3 is 14.7 Å². The van der Waals surface area contributed by atoms with Crippen LogP contribution in [-0.4, -0.2) is 52.7 Å². The van der Waals surface area contributed by atoms with E-state index in [0.717, 1.165) is 10.6 Å². The molecule has 1 aromatic carbocycles. The van der Waals surface area contributed by atoms with Crippen molar-refractivity contribution in [3.8, 4) is 0 Å². The highest BCUT2D eigenvalue weighted by atomic mass is 32.1. The Morgan fingerprint density at radius 1 is 1.36 bits per heavy atom. The van der Waals surface area contributed by atoms with Crippen LogP contribution in [0.2, 0.25) is 0 Å². The van der Waals surface area contributed by atoms with Crippen LogP contribution in [0, 0.1) is 5.82 Å². The van der Waals surface area contributed by atoms with Crippen molar-refractivity contribution in [1.82, 2.24) is 9.88 Å². The third-order valence-corrected chi connectivity index (χ3v) is 4.83. The molecule has 2 heterocycles. The predicted molar refractivity (Wildman–Crippen MR) is 89.0 cm³/mol. The van der Waals surface area contributed by atoms with E-state index in [4.69, 9.17) is 4.74 Å². The number of hydrogen-bond acceptors (Lipinski definition) is 5. The highest BCUT2D eigenvalue weighted by Crippen LogP contribution is 2.17. The molecule has 1 saturated heterocycles. The van der Waals surface area contributed by atoms with E-state index in [0.29, 0.717) is 18.7 Å². The van der Waals surface area contributed by atoms with Crippen molar-refractivity contribution in [2.45, 2.75) is 18.9 Å². The first-order valence-electron chi connectivity index (χ1n) is 7.80. The van der Waals surface area contributed by atoms with E-state index in [2.05, 4.69) is 4.98 Å². The number of thiazole rings is 1. The summed E-state index contributed by atoms with van der Waals surface area (Å²) in [6, 6.07) is 5.26. The molecule has 0 saturated carbocycles. The first-order valence-corrected chi connectivity index (χ1v) is 8.68. The summed E-state index contributed by atoms with van der Waals surface area (Å²) >= 11 is 1.43. The van der Waals surface area contributed by atoms with E-state index in [9.17, 15) is 19.1 Å². The van der Waals surface area contributed by atoms with Crippen molar-refractivity contribution in [2.24, 2.45) is 0 Å².